The van der Waals surface area contributed by atoms with Crippen LogP contribution in [0.25, 0.3) is 0 Å². The van der Waals surface area contributed by atoms with Gasteiger partial charge in [-0.2, -0.15) is 11.8 Å². The molecule has 0 spiro atoms. The molecule has 3 amide bonds. The number of carbonyl (C=O) groups excluding carboxylic acids is 2. The maximum absolute atomic E-state index is 11.9. The molecule has 2 aliphatic rings. The first-order valence-corrected chi connectivity index (χ1v) is 7.34. The zero-order valence-electron chi connectivity index (χ0n) is 9.91. The molecule has 6 heteroatoms. The van der Waals surface area contributed by atoms with E-state index in [1.54, 1.807) is 4.90 Å². The van der Waals surface area contributed by atoms with Crippen LogP contribution >= 0.6 is 11.8 Å². The third-order valence-electron chi connectivity index (χ3n) is 3.13. The summed E-state index contributed by atoms with van der Waals surface area (Å²) in [6, 6.07) is -0.438. The molecule has 2 saturated heterocycles. The first kappa shape index (κ1) is 12.5. The van der Waals surface area contributed by atoms with Crippen molar-refractivity contribution in [3.63, 3.8) is 0 Å². The molecule has 0 bridgehead atoms. The average molecular weight is 257 g/mol. The highest BCUT2D eigenvalue weighted by atomic mass is 32.2. The predicted molar refractivity (Wildman–Crippen MR) is 68.1 cm³/mol. The maximum Gasteiger partial charge on any atom is 0.318 e. The molecule has 5 nitrogen and oxygen atoms in total. The highest BCUT2D eigenvalue weighted by Gasteiger charge is 2.25. The second kappa shape index (κ2) is 6.14. The summed E-state index contributed by atoms with van der Waals surface area (Å²) in [5.41, 5.74) is 0. The summed E-state index contributed by atoms with van der Waals surface area (Å²) >= 11 is 1.87. The van der Waals surface area contributed by atoms with Crippen LogP contribution in [0.2, 0.25) is 0 Å². The summed E-state index contributed by atoms with van der Waals surface area (Å²) in [6.45, 7) is 2.29. The highest BCUT2D eigenvalue weighted by Crippen LogP contribution is 2.10. The molecule has 0 unspecified atom stereocenters. The van der Waals surface area contributed by atoms with Crippen LogP contribution in [0, 0.1) is 0 Å². The van der Waals surface area contributed by atoms with Gasteiger partial charge in [0.2, 0.25) is 5.91 Å². The van der Waals surface area contributed by atoms with E-state index in [0.29, 0.717) is 0 Å². The standard InChI is InChI=1S/C11H19N3O2S/c15-10-9(3-1-2-4-12-10)13-11(16)14-5-7-17-8-6-14/h9H,1-8H2,(H,12,15)(H,13,16)/t9-/m1/s1. The maximum atomic E-state index is 11.9. The Kier molecular flexibility index (Phi) is 4.53. The normalized spacial score (nSPS) is 26.0. The molecule has 17 heavy (non-hydrogen) atoms. The van der Waals surface area contributed by atoms with Crippen LogP contribution in [0.5, 0.6) is 0 Å². The Morgan fingerprint density at radius 2 is 2.12 bits per heavy atom. The number of nitrogens with zero attached hydrogens (tertiary/aromatic N) is 1. The van der Waals surface area contributed by atoms with Gasteiger partial charge in [-0.05, 0) is 19.3 Å². The zero-order chi connectivity index (χ0) is 12.1. The van der Waals surface area contributed by atoms with Gasteiger partial charge in [-0.15, -0.1) is 0 Å². The van der Waals surface area contributed by atoms with E-state index in [1.807, 2.05) is 11.8 Å². The van der Waals surface area contributed by atoms with Crippen LogP contribution in [0.1, 0.15) is 19.3 Å². The van der Waals surface area contributed by atoms with Crippen molar-refractivity contribution in [1.29, 1.82) is 0 Å². The van der Waals surface area contributed by atoms with E-state index in [-0.39, 0.29) is 18.0 Å². The van der Waals surface area contributed by atoms with Gasteiger partial charge in [-0.1, -0.05) is 0 Å². The van der Waals surface area contributed by atoms with Crippen LogP contribution < -0.4 is 10.6 Å². The second-order valence-corrected chi connectivity index (χ2v) is 5.61. The Balaban J connectivity index is 1.85. The molecule has 2 fully saturated rings. The molecule has 1 atom stereocenters. The van der Waals surface area contributed by atoms with Crippen LogP contribution in [0.3, 0.4) is 0 Å². The van der Waals surface area contributed by atoms with Gasteiger partial charge in [0.05, 0.1) is 0 Å². The second-order valence-electron chi connectivity index (χ2n) is 4.39. The summed E-state index contributed by atoms with van der Waals surface area (Å²) in [5, 5.41) is 5.67. The predicted octanol–water partition coefficient (Wildman–Crippen LogP) is 0.413. The Morgan fingerprint density at radius 1 is 1.35 bits per heavy atom. The summed E-state index contributed by atoms with van der Waals surface area (Å²) < 4.78 is 0. The van der Waals surface area contributed by atoms with Gasteiger partial charge in [0, 0.05) is 31.1 Å². The van der Waals surface area contributed by atoms with E-state index in [4.69, 9.17) is 0 Å². The Hall–Kier alpha value is -0.910. The molecule has 0 saturated carbocycles. The van der Waals surface area contributed by atoms with E-state index >= 15 is 0 Å². The number of nitrogens with one attached hydrogen (secondary N) is 2. The molecule has 2 rings (SSSR count). The third kappa shape index (κ3) is 3.52. The first-order valence-electron chi connectivity index (χ1n) is 6.18. The van der Waals surface area contributed by atoms with Crippen LogP contribution in [-0.2, 0) is 4.79 Å². The number of thioether (sulfide) groups is 1. The summed E-state index contributed by atoms with van der Waals surface area (Å²) in [4.78, 5) is 25.4. The lowest BCUT2D eigenvalue weighted by Gasteiger charge is -2.28. The van der Waals surface area contributed by atoms with Gasteiger partial charge in [-0.3, -0.25) is 4.79 Å². The molecule has 0 aromatic carbocycles. The molecule has 2 aliphatic heterocycles. The largest absolute Gasteiger partial charge is 0.354 e. The fourth-order valence-corrected chi connectivity index (χ4v) is 2.99. The average Bonchev–Trinajstić information content (AvgIpc) is 2.56. The molecule has 2 N–H and O–H groups in total. The minimum Gasteiger partial charge on any atom is -0.354 e. The molecule has 2 heterocycles. The van der Waals surface area contributed by atoms with Gasteiger partial charge in [0.1, 0.15) is 6.04 Å². The summed E-state index contributed by atoms with van der Waals surface area (Å²) in [6.07, 6.45) is 2.73. The number of amides is 3. The number of carbonyl (C=O) groups is 2. The van der Waals surface area contributed by atoms with Gasteiger partial charge >= 0.3 is 6.03 Å². The van der Waals surface area contributed by atoms with E-state index in [1.165, 1.54) is 0 Å². The molecule has 96 valence electrons. The van der Waals surface area contributed by atoms with E-state index < -0.39 is 0 Å². The quantitative estimate of drug-likeness (QED) is 0.715. The number of hydrogen-bond acceptors (Lipinski definition) is 3. The van der Waals surface area contributed by atoms with Gasteiger partial charge in [-0.25, -0.2) is 4.79 Å². The summed E-state index contributed by atoms with van der Waals surface area (Å²) in [5.74, 6) is 1.94. The van der Waals surface area contributed by atoms with E-state index in [2.05, 4.69) is 10.6 Å². The molecule has 0 radical (unpaired) electrons. The van der Waals surface area contributed by atoms with Crippen molar-refractivity contribution >= 4 is 23.7 Å². The highest BCUT2D eigenvalue weighted by molar-refractivity contribution is 7.99. The lowest BCUT2D eigenvalue weighted by Crippen LogP contribution is -2.52. The minimum absolute atomic E-state index is 0.0396. The molecule has 0 aliphatic carbocycles. The topological polar surface area (TPSA) is 61.4 Å². The third-order valence-corrected chi connectivity index (χ3v) is 4.07. The van der Waals surface area contributed by atoms with Crippen molar-refractivity contribution in [1.82, 2.24) is 15.5 Å². The SMILES string of the molecule is O=C1NCCCC[C@H]1NC(=O)N1CCSCC1. The van der Waals surface area contributed by atoms with Crippen LogP contribution in [-0.4, -0.2) is 54.0 Å². The lowest BCUT2D eigenvalue weighted by molar-refractivity contribution is -0.122. The summed E-state index contributed by atoms with van der Waals surface area (Å²) in [7, 11) is 0. The van der Waals surface area contributed by atoms with Crippen molar-refractivity contribution in [2.24, 2.45) is 0 Å². The van der Waals surface area contributed by atoms with Crippen molar-refractivity contribution in [3.8, 4) is 0 Å². The molecular formula is C11H19N3O2S. The molecular weight excluding hydrogens is 238 g/mol. The lowest BCUT2D eigenvalue weighted by atomic mass is 10.1. The van der Waals surface area contributed by atoms with Gasteiger partial charge in [0.25, 0.3) is 0 Å². The van der Waals surface area contributed by atoms with Crippen molar-refractivity contribution in [3.05, 3.63) is 0 Å². The smallest absolute Gasteiger partial charge is 0.318 e. The fraction of sp³-hybridized carbons (Fsp3) is 0.818. The Bertz CT molecular complexity index is 292. The van der Waals surface area contributed by atoms with E-state index in [9.17, 15) is 9.59 Å². The number of hydrogen-bond donors (Lipinski definition) is 2. The van der Waals surface area contributed by atoms with Crippen molar-refractivity contribution in [2.45, 2.75) is 25.3 Å². The first-order chi connectivity index (χ1) is 8.27. The number of urea groups is 1. The van der Waals surface area contributed by atoms with Crippen molar-refractivity contribution < 1.29 is 9.59 Å². The Labute approximate surface area is 106 Å². The zero-order valence-corrected chi connectivity index (χ0v) is 10.7. The van der Waals surface area contributed by atoms with Crippen molar-refractivity contribution in [2.75, 3.05) is 31.1 Å². The monoisotopic (exact) mass is 257 g/mol. The van der Waals surface area contributed by atoms with Crippen LogP contribution in [0.4, 0.5) is 4.79 Å². The van der Waals surface area contributed by atoms with Gasteiger partial charge < -0.3 is 15.5 Å². The van der Waals surface area contributed by atoms with Gasteiger partial charge in [0.15, 0.2) is 0 Å². The van der Waals surface area contributed by atoms with Crippen LogP contribution in [0.15, 0.2) is 0 Å². The Morgan fingerprint density at radius 3 is 2.88 bits per heavy atom. The van der Waals surface area contributed by atoms with E-state index in [0.717, 1.165) is 50.4 Å². The fourth-order valence-electron chi connectivity index (χ4n) is 2.08. The molecule has 0 aromatic rings. The number of rotatable bonds is 1. The minimum atomic E-state index is -0.348. The molecule has 0 aromatic heterocycles.